The number of hydrogen-bond acceptors (Lipinski definition) is 4. The van der Waals surface area contributed by atoms with Gasteiger partial charge in [-0.25, -0.2) is 0 Å². The minimum absolute atomic E-state index is 0.114. The Balaban J connectivity index is 1.93. The van der Waals surface area contributed by atoms with Gasteiger partial charge in [-0.1, -0.05) is 0 Å². The average molecular weight is 262 g/mol. The van der Waals surface area contributed by atoms with Crippen molar-refractivity contribution in [2.75, 3.05) is 13.7 Å². The highest BCUT2D eigenvalue weighted by molar-refractivity contribution is 7.07. The number of rotatable bonds is 5. The number of pyridine rings is 1. The molecule has 1 unspecified atom stereocenters. The lowest BCUT2D eigenvalue weighted by atomic mass is 10.2. The Morgan fingerprint density at radius 1 is 1.56 bits per heavy atom. The monoisotopic (exact) mass is 262 g/mol. The number of aromatic nitrogens is 1. The number of carbonyl (C=O) groups excluding carboxylic acids is 1. The number of nitrogens with zero attached hydrogens (tertiary/aromatic N) is 1. The molecule has 4 nitrogen and oxygen atoms in total. The van der Waals surface area contributed by atoms with Crippen LogP contribution in [0.25, 0.3) is 0 Å². The fourth-order valence-electron chi connectivity index (χ4n) is 1.58. The molecule has 5 heteroatoms. The Morgan fingerprint density at radius 3 is 3.06 bits per heavy atom. The molecule has 0 bridgehead atoms. The van der Waals surface area contributed by atoms with E-state index in [4.69, 9.17) is 4.74 Å². The van der Waals surface area contributed by atoms with E-state index in [1.807, 2.05) is 16.8 Å². The summed E-state index contributed by atoms with van der Waals surface area (Å²) >= 11 is 1.61. The van der Waals surface area contributed by atoms with Crippen molar-refractivity contribution in [3.8, 4) is 0 Å². The third-order valence-corrected chi connectivity index (χ3v) is 3.27. The Labute approximate surface area is 110 Å². The highest BCUT2D eigenvalue weighted by Gasteiger charge is 2.13. The Bertz CT molecular complexity index is 485. The molecule has 0 saturated heterocycles. The highest BCUT2D eigenvalue weighted by Crippen LogP contribution is 2.18. The standard InChI is InChI=1S/C13H14N2O2S/c1-17-12(11-4-6-18-9-11)8-15-13(16)10-3-2-5-14-7-10/h2-7,9,12H,8H2,1H3,(H,15,16). The summed E-state index contributed by atoms with van der Waals surface area (Å²) in [6.07, 6.45) is 3.07. The van der Waals surface area contributed by atoms with Gasteiger partial charge in [-0.15, -0.1) is 0 Å². The quantitative estimate of drug-likeness (QED) is 0.899. The first kappa shape index (κ1) is 12.7. The summed E-state index contributed by atoms with van der Waals surface area (Å²) in [5, 5.41) is 6.85. The molecule has 2 rings (SSSR count). The summed E-state index contributed by atoms with van der Waals surface area (Å²) in [6, 6.07) is 5.46. The van der Waals surface area contributed by atoms with E-state index in [9.17, 15) is 4.79 Å². The van der Waals surface area contributed by atoms with Gasteiger partial charge >= 0.3 is 0 Å². The Kier molecular flexibility index (Phi) is 4.44. The zero-order valence-electron chi connectivity index (χ0n) is 10.00. The molecule has 2 aromatic rings. The zero-order chi connectivity index (χ0) is 12.8. The van der Waals surface area contributed by atoms with Crippen LogP contribution in [0, 0.1) is 0 Å². The number of ether oxygens (including phenoxy) is 1. The minimum Gasteiger partial charge on any atom is -0.375 e. The van der Waals surface area contributed by atoms with Crippen molar-refractivity contribution in [3.05, 3.63) is 52.5 Å². The van der Waals surface area contributed by atoms with Crippen molar-refractivity contribution in [2.24, 2.45) is 0 Å². The Hall–Kier alpha value is -1.72. The number of carbonyl (C=O) groups is 1. The maximum absolute atomic E-state index is 11.8. The molecule has 0 aliphatic heterocycles. The molecule has 0 spiro atoms. The van der Waals surface area contributed by atoms with Gasteiger partial charge in [0, 0.05) is 26.0 Å². The van der Waals surface area contributed by atoms with E-state index >= 15 is 0 Å². The average Bonchev–Trinajstić information content (AvgIpc) is 2.94. The van der Waals surface area contributed by atoms with Crippen LogP contribution in [0.3, 0.4) is 0 Å². The minimum atomic E-state index is -0.139. The number of amides is 1. The molecule has 1 amide bonds. The molecule has 2 aromatic heterocycles. The summed E-state index contributed by atoms with van der Waals surface area (Å²) in [6.45, 7) is 0.445. The number of thiophene rings is 1. The van der Waals surface area contributed by atoms with Crippen LogP contribution in [-0.2, 0) is 4.74 Å². The molecular formula is C13H14N2O2S. The van der Waals surface area contributed by atoms with Gasteiger partial charge in [0.15, 0.2) is 0 Å². The van der Waals surface area contributed by atoms with Gasteiger partial charge in [-0.2, -0.15) is 11.3 Å². The zero-order valence-corrected chi connectivity index (χ0v) is 10.8. The molecule has 94 valence electrons. The lowest BCUT2D eigenvalue weighted by Crippen LogP contribution is -2.29. The molecule has 18 heavy (non-hydrogen) atoms. The van der Waals surface area contributed by atoms with Gasteiger partial charge in [0.2, 0.25) is 0 Å². The molecule has 1 N–H and O–H groups in total. The first-order valence-corrected chi connectivity index (χ1v) is 6.48. The van der Waals surface area contributed by atoms with Crippen LogP contribution in [0.5, 0.6) is 0 Å². The number of methoxy groups -OCH3 is 1. The molecule has 0 aliphatic rings. The normalized spacial score (nSPS) is 12.1. The first-order valence-electron chi connectivity index (χ1n) is 5.54. The second kappa shape index (κ2) is 6.28. The molecule has 0 radical (unpaired) electrons. The van der Waals surface area contributed by atoms with E-state index in [2.05, 4.69) is 10.3 Å². The van der Waals surface area contributed by atoms with Crippen molar-refractivity contribution in [1.29, 1.82) is 0 Å². The van der Waals surface area contributed by atoms with Crippen molar-refractivity contribution >= 4 is 17.2 Å². The van der Waals surface area contributed by atoms with Gasteiger partial charge < -0.3 is 10.1 Å². The lowest BCUT2D eigenvalue weighted by molar-refractivity contribution is 0.0829. The predicted molar refractivity (Wildman–Crippen MR) is 70.6 cm³/mol. The van der Waals surface area contributed by atoms with E-state index in [0.29, 0.717) is 12.1 Å². The highest BCUT2D eigenvalue weighted by atomic mass is 32.1. The molecule has 2 heterocycles. The topological polar surface area (TPSA) is 51.2 Å². The van der Waals surface area contributed by atoms with Crippen LogP contribution in [0.1, 0.15) is 22.0 Å². The second-order valence-corrected chi connectivity index (χ2v) is 4.51. The van der Waals surface area contributed by atoms with Crippen LogP contribution in [0.2, 0.25) is 0 Å². The molecule has 0 saturated carbocycles. The maximum atomic E-state index is 11.8. The van der Waals surface area contributed by atoms with E-state index in [0.717, 1.165) is 5.56 Å². The summed E-state index contributed by atoms with van der Waals surface area (Å²) in [5.74, 6) is -0.139. The fourth-order valence-corrected chi connectivity index (χ4v) is 2.28. The van der Waals surface area contributed by atoms with Crippen molar-refractivity contribution in [1.82, 2.24) is 10.3 Å². The van der Waals surface area contributed by atoms with Gasteiger partial charge in [0.25, 0.3) is 5.91 Å². The second-order valence-electron chi connectivity index (χ2n) is 3.73. The van der Waals surface area contributed by atoms with Crippen molar-refractivity contribution in [2.45, 2.75) is 6.10 Å². The van der Waals surface area contributed by atoms with Crippen LogP contribution < -0.4 is 5.32 Å². The molecule has 1 atom stereocenters. The molecule has 0 fully saturated rings. The number of hydrogen-bond donors (Lipinski definition) is 1. The van der Waals surface area contributed by atoms with Crippen molar-refractivity contribution < 1.29 is 9.53 Å². The van der Waals surface area contributed by atoms with Gasteiger partial charge in [0.1, 0.15) is 6.10 Å². The first-order chi connectivity index (χ1) is 8.81. The number of nitrogens with one attached hydrogen (secondary N) is 1. The summed E-state index contributed by atoms with van der Waals surface area (Å²) in [5.41, 5.74) is 1.63. The Morgan fingerprint density at radius 2 is 2.44 bits per heavy atom. The summed E-state index contributed by atoms with van der Waals surface area (Å²) in [4.78, 5) is 15.7. The van der Waals surface area contributed by atoms with Crippen LogP contribution in [0.4, 0.5) is 0 Å². The van der Waals surface area contributed by atoms with Crippen molar-refractivity contribution in [3.63, 3.8) is 0 Å². The largest absolute Gasteiger partial charge is 0.375 e. The summed E-state index contributed by atoms with van der Waals surface area (Å²) in [7, 11) is 1.64. The van der Waals surface area contributed by atoms with Crippen LogP contribution in [0.15, 0.2) is 41.4 Å². The fraction of sp³-hybridized carbons (Fsp3) is 0.231. The van der Waals surface area contributed by atoms with E-state index in [1.165, 1.54) is 0 Å². The summed E-state index contributed by atoms with van der Waals surface area (Å²) < 4.78 is 5.36. The van der Waals surface area contributed by atoms with Gasteiger partial charge in [0.05, 0.1) is 5.56 Å². The molecular weight excluding hydrogens is 248 g/mol. The van der Waals surface area contributed by atoms with E-state index in [-0.39, 0.29) is 12.0 Å². The third-order valence-electron chi connectivity index (χ3n) is 2.57. The van der Waals surface area contributed by atoms with Gasteiger partial charge in [-0.05, 0) is 34.5 Å². The SMILES string of the molecule is COC(CNC(=O)c1cccnc1)c1ccsc1. The molecule has 0 aromatic carbocycles. The third kappa shape index (κ3) is 3.15. The van der Waals surface area contributed by atoms with Gasteiger partial charge in [-0.3, -0.25) is 9.78 Å². The van der Waals surface area contributed by atoms with E-state index in [1.54, 1.807) is 43.0 Å². The maximum Gasteiger partial charge on any atom is 0.252 e. The van der Waals surface area contributed by atoms with E-state index < -0.39 is 0 Å². The van der Waals surface area contributed by atoms with Crippen LogP contribution >= 0.6 is 11.3 Å². The predicted octanol–water partition coefficient (Wildman–Crippen LogP) is 2.26. The molecule has 0 aliphatic carbocycles. The smallest absolute Gasteiger partial charge is 0.252 e. The lowest BCUT2D eigenvalue weighted by Gasteiger charge is -2.14. The van der Waals surface area contributed by atoms with Crippen LogP contribution in [-0.4, -0.2) is 24.5 Å².